The molecular weight excluding hydrogens is 246 g/mol. The van der Waals surface area contributed by atoms with E-state index in [4.69, 9.17) is 11.5 Å². The molecule has 0 aliphatic heterocycles. The topological polar surface area (TPSA) is 90.7 Å². The van der Waals surface area contributed by atoms with Gasteiger partial charge in [0, 0.05) is 5.39 Å². The minimum absolute atomic E-state index is 0.522. The predicted octanol–water partition coefficient (Wildman–Crippen LogP) is 1.89. The summed E-state index contributed by atoms with van der Waals surface area (Å²) in [5, 5.41) is 1.13. The van der Waals surface area contributed by atoms with Crippen LogP contribution in [0.3, 0.4) is 0 Å². The van der Waals surface area contributed by atoms with Crippen molar-refractivity contribution in [3.05, 3.63) is 17.5 Å². The van der Waals surface area contributed by atoms with Crippen LogP contribution in [0.25, 0.3) is 20.4 Å². The molecule has 0 spiro atoms. The minimum Gasteiger partial charge on any atom is -0.383 e. The van der Waals surface area contributed by atoms with E-state index in [1.165, 1.54) is 28.8 Å². The van der Waals surface area contributed by atoms with Crippen LogP contribution in [0.5, 0.6) is 0 Å². The molecule has 0 saturated carbocycles. The minimum atomic E-state index is 0.522. The van der Waals surface area contributed by atoms with Crippen LogP contribution in [0.1, 0.15) is 17.5 Å². The van der Waals surface area contributed by atoms with Crippen LogP contribution < -0.4 is 11.5 Å². The third kappa shape index (κ3) is 1.13. The summed E-state index contributed by atoms with van der Waals surface area (Å²) in [6.45, 7) is 0. The number of nitrogens with two attached hydrogens (primary N) is 2. The summed E-state index contributed by atoms with van der Waals surface area (Å²) in [5.74, 6) is 1.18. The zero-order valence-corrected chi connectivity index (χ0v) is 10.4. The van der Waals surface area contributed by atoms with Crippen molar-refractivity contribution in [2.75, 3.05) is 11.5 Å². The fourth-order valence-electron chi connectivity index (χ4n) is 2.74. The van der Waals surface area contributed by atoms with Gasteiger partial charge >= 0.3 is 0 Å². The number of aromatic nitrogens is 3. The number of rotatable bonds is 0. The average Bonchev–Trinajstić information content (AvgIpc) is 2.93. The number of thiophene rings is 1. The maximum absolute atomic E-state index is 6.03. The molecule has 3 aromatic heterocycles. The van der Waals surface area contributed by atoms with E-state index in [1.807, 2.05) is 0 Å². The lowest BCUT2D eigenvalue weighted by Crippen LogP contribution is -1.97. The van der Waals surface area contributed by atoms with E-state index >= 15 is 0 Å². The van der Waals surface area contributed by atoms with Crippen molar-refractivity contribution in [3.8, 4) is 0 Å². The number of fused-ring (bicyclic) bond motifs is 5. The summed E-state index contributed by atoms with van der Waals surface area (Å²) >= 11 is 1.53. The Morgan fingerprint density at radius 3 is 2.78 bits per heavy atom. The third-order valence-electron chi connectivity index (χ3n) is 3.53. The lowest BCUT2D eigenvalue weighted by Gasteiger charge is -2.04. The SMILES string of the molecule is Nc1nc2sc3c(N)ncnc3c2c2c1CCC2. The average molecular weight is 257 g/mol. The van der Waals surface area contributed by atoms with E-state index in [2.05, 4.69) is 15.0 Å². The molecule has 0 fully saturated rings. The van der Waals surface area contributed by atoms with Crippen molar-refractivity contribution in [2.24, 2.45) is 0 Å². The van der Waals surface area contributed by atoms with E-state index in [0.29, 0.717) is 11.6 Å². The predicted molar refractivity (Wildman–Crippen MR) is 73.6 cm³/mol. The van der Waals surface area contributed by atoms with Crippen molar-refractivity contribution in [1.29, 1.82) is 0 Å². The van der Waals surface area contributed by atoms with Gasteiger partial charge in [-0.2, -0.15) is 0 Å². The Bertz CT molecular complexity index is 792. The summed E-state index contributed by atoms with van der Waals surface area (Å²) < 4.78 is 0.916. The van der Waals surface area contributed by atoms with Gasteiger partial charge in [-0.3, -0.25) is 0 Å². The summed E-state index contributed by atoms with van der Waals surface area (Å²) in [4.78, 5) is 13.8. The van der Waals surface area contributed by atoms with Crippen LogP contribution >= 0.6 is 11.3 Å². The van der Waals surface area contributed by atoms with Crippen LogP contribution in [0.4, 0.5) is 11.6 Å². The van der Waals surface area contributed by atoms with Crippen LogP contribution in [-0.2, 0) is 12.8 Å². The first kappa shape index (κ1) is 10.0. The van der Waals surface area contributed by atoms with Gasteiger partial charge in [0.25, 0.3) is 0 Å². The zero-order valence-electron chi connectivity index (χ0n) is 9.60. The first-order chi connectivity index (χ1) is 8.75. The molecule has 0 unspecified atom stereocenters. The van der Waals surface area contributed by atoms with Crippen LogP contribution in [0.2, 0.25) is 0 Å². The highest BCUT2D eigenvalue weighted by Gasteiger charge is 2.22. The van der Waals surface area contributed by atoms with Gasteiger partial charge in [-0.05, 0) is 30.4 Å². The maximum atomic E-state index is 6.03. The largest absolute Gasteiger partial charge is 0.383 e. The first-order valence-corrected chi connectivity index (χ1v) is 6.67. The van der Waals surface area contributed by atoms with E-state index < -0.39 is 0 Å². The highest BCUT2D eigenvalue weighted by molar-refractivity contribution is 7.26. The van der Waals surface area contributed by atoms with Crippen molar-refractivity contribution in [3.63, 3.8) is 0 Å². The van der Waals surface area contributed by atoms with Gasteiger partial charge in [0.05, 0.1) is 10.2 Å². The first-order valence-electron chi connectivity index (χ1n) is 5.85. The maximum Gasteiger partial charge on any atom is 0.144 e. The highest BCUT2D eigenvalue weighted by atomic mass is 32.1. The second-order valence-corrected chi connectivity index (χ2v) is 5.53. The Morgan fingerprint density at radius 1 is 1.06 bits per heavy atom. The van der Waals surface area contributed by atoms with Gasteiger partial charge in [0.2, 0.25) is 0 Å². The monoisotopic (exact) mass is 257 g/mol. The smallest absolute Gasteiger partial charge is 0.144 e. The number of nitrogens with zero attached hydrogens (tertiary/aromatic N) is 3. The number of pyridine rings is 1. The number of anilines is 2. The van der Waals surface area contributed by atoms with Gasteiger partial charge in [-0.15, -0.1) is 11.3 Å². The molecule has 4 N–H and O–H groups in total. The van der Waals surface area contributed by atoms with E-state index in [0.717, 1.165) is 39.7 Å². The normalized spacial score (nSPS) is 14.4. The summed E-state index contributed by atoms with van der Waals surface area (Å²) in [7, 11) is 0. The molecule has 0 radical (unpaired) electrons. The Kier molecular flexibility index (Phi) is 1.83. The molecule has 1 aliphatic rings. The number of hydrogen-bond acceptors (Lipinski definition) is 6. The van der Waals surface area contributed by atoms with E-state index in [-0.39, 0.29) is 0 Å². The van der Waals surface area contributed by atoms with Crippen LogP contribution in [0, 0.1) is 0 Å². The summed E-state index contributed by atoms with van der Waals surface area (Å²) in [5.41, 5.74) is 15.4. The molecular formula is C12H11N5S. The molecule has 6 heteroatoms. The molecule has 90 valence electrons. The summed E-state index contributed by atoms with van der Waals surface area (Å²) in [6, 6.07) is 0. The van der Waals surface area contributed by atoms with Gasteiger partial charge in [0.1, 0.15) is 22.8 Å². The lowest BCUT2D eigenvalue weighted by molar-refractivity contribution is 0.913. The van der Waals surface area contributed by atoms with Crippen molar-refractivity contribution in [2.45, 2.75) is 19.3 Å². The second kappa shape index (κ2) is 3.29. The quantitative estimate of drug-likeness (QED) is 0.641. The fourth-order valence-corrected chi connectivity index (χ4v) is 3.81. The van der Waals surface area contributed by atoms with Gasteiger partial charge in [0.15, 0.2) is 0 Å². The van der Waals surface area contributed by atoms with Crippen molar-refractivity contribution < 1.29 is 0 Å². The number of aryl methyl sites for hydroxylation is 1. The molecule has 0 bridgehead atoms. The van der Waals surface area contributed by atoms with Gasteiger partial charge < -0.3 is 11.5 Å². The molecule has 3 heterocycles. The Balaban J connectivity index is 2.28. The van der Waals surface area contributed by atoms with Crippen LogP contribution in [0.15, 0.2) is 6.33 Å². The molecule has 18 heavy (non-hydrogen) atoms. The highest BCUT2D eigenvalue weighted by Crippen LogP contribution is 2.40. The molecule has 3 aromatic rings. The van der Waals surface area contributed by atoms with E-state index in [1.54, 1.807) is 0 Å². The molecule has 0 atom stereocenters. The number of nitrogen functional groups attached to an aromatic ring is 2. The molecule has 4 rings (SSSR count). The lowest BCUT2D eigenvalue weighted by atomic mass is 10.1. The van der Waals surface area contributed by atoms with Crippen molar-refractivity contribution >= 4 is 43.4 Å². The molecule has 5 nitrogen and oxygen atoms in total. The zero-order chi connectivity index (χ0) is 12.3. The molecule has 0 amide bonds. The Hall–Kier alpha value is -1.95. The Morgan fingerprint density at radius 2 is 1.89 bits per heavy atom. The molecule has 1 aliphatic carbocycles. The fraction of sp³-hybridized carbons (Fsp3) is 0.250. The molecule has 0 saturated heterocycles. The van der Waals surface area contributed by atoms with Crippen LogP contribution in [-0.4, -0.2) is 15.0 Å². The van der Waals surface area contributed by atoms with Crippen molar-refractivity contribution in [1.82, 2.24) is 15.0 Å². The number of hydrogen-bond donors (Lipinski definition) is 2. The standard InChI is InChI=1S/C12H11N5S/c13-10-6-3-1-2-5(6)7-8-9(18-12(7)17-10)11(14)16-4-15-8/h4H,1-3H2,(H2,13,17)(H2,14,15,16). The van der Waals surface area contributed by atoms with E-state index in [9.17, 15) is 0 Å². The Labute approximate surface area is 107 Å². The van der Waals surface area contributed by atoms with Gasteiger partial charge in [-0.25, -0.2) is 15.0 Å². The summed E-state index contributed by atoms with van der Waals surface area (Å²) in [6.07, 6.45) is 4.72. The second-order valence-electron chi connectivity index (χ2n) is 4.53. The molecule has 0 aromatic carbocycles. The van der Waals surface area contributed by atoms with Gasteiger partial charge in [-0.1, -0.05) is 0 Å². The third-order valence-corrected chi connectivity index (χ3v) is 4.63.